The molecule has 4 rings (SSSR count). The van der Waals surface area contributed by atoms with Crippen LogP contribution in [0.25, 0.3) is 10.9 Å². The van der Waals surface area contributed by atoms with E-state index < -0.39 is 0 Å². The molecule has 0 bridgehead atoms. The molecule has 0 radical (unpaired) electrons. The number of aryl methyl sites for hydroxylation is 2. The third-order valence-corrected chi connectivity index (χ3v) is 5.51. The Kier molecular flexibility index (Phi) is 4.24. The van der Waals surface area contributed by atoms with Gasteiger partial charge in [0.1, 0.15) is 5.03 Å². The molecule has 3 aromatic rings. The molecule has 0 saturated carbocycles. The highest BCUT2D eigenvalue weighted by atomic mass is 32.2. The van der Waals surface area contributed by atoms with Gasteiger partial charge in [0.05, 0.1) is 6.33 Å². The number of nitrogens with one attached hydrogen (secondary N) is 2. The Morgan fingerprint density at radius 3 is 2.79 bits per heavy atom. The molecule has 0 unspecified atom stereocenters. The van der Waals surface area contributed by atoms with E-state index in [-0.39, 0.29) is 0 Å². The molecule has 5 nitrogen and oxygen atoms in total. The van der Waals surface area contributed by atoms with Crippen LogP contribution in [-0.4, -0.2) is 27.2 Å². The summed E-state index contributed by atoms with van der Waals surface area (Å²) in [6.07, 6.45) is 8.59. The predicted molar refractivity (Wildman–Crippen MR) is 100 cm³/mol. The van der Waals surface area contributed by atoms with Gasteiger partial charge in [0.15, 0.2) is 0 Å². The summed E-state index contributed by atoms with van der Waals surface area (Å²) < 4.78 is 7.64. The lowest BCUT2D eigenvalue weighted by molar-refractivity contribution is 0.462. The van der Waals surface area contributed by atoms with Gasteiger partial charge in [0.2, 0.25) is 0 Å². The summed E-state index contributed by atoms with van der Waals surface area (Å²) in [5.74, 6) is 0.661. The smallest absolute Gasteiger partial charge is 0.134 e. The number of nitrogens with zero attached hydrogens (tertiary/aromatic N) is 3. The highest BCUT2D eigenvalue weighted by Gasteiger charge is 2.19. The van der Waals surface area contributed by atoms with Crippen molar-refractivity contribution in [2.75, 3.05) is 17.8 Å². The van der Waals surface area contributed by atoms with Crippen LogP contribution in [0.2, 0.25) is 0 Å². The number of imidazole rings is 1. The van der Waals surface area contributed by atoms with E-state index in [0.29, 0.717) is 5.92 Å². The lowest BCUT2D eigenvalue weighted by Gasteiger charge is -2.22. The van der Waals surface area contributed by atoms with Gasteiger partial charge in [-0.25, -0.2) is 4.98 Å². The first-order chi connectivity index (χ1) is 11.7. The van der Waals surface area contributed by atoms with Crippen molar-refractivity contribution < 1.29 is 0 Å². The van der Waals surface area contributed by atoms with Crippen LogP contribution < -0.4 is 10.0 Å². The molecule has 6 heteroatoms. The third kappa shape index (κ3) is 3.03. The van der Waals surface area contributed by atoms with Crippen molar-refractivity contribution in [3.63, 3.8) is 0 Å². The van der Waals surface area contributed by atoms with E-state index in [0.717, 1.165) is 23.8 Å². The van der Waals surface area contributed by atoms with Crippen molar-refractivity contribution in [3.8, 4) is 0 Å². The SMILES string of the molecule is Cn1cnc(SNc2ccc3c(c2)c(C2CCNCC2)cn3C)c1. The number of hydrogen-bond donors (Lipinski definition) is 2. The van der Waals surface area contributed by atoms with Crippen molar-refractivity contribution in [2.45, 2.75) is 23.8 Å². The lowest BCUT2D eigenvalue weighted by Crippen LogP contribution is -2.26. The minimum Gasteiger partial charge on any atom is -0.350 e. The Morgan fingerprint density at radius 2 is 2.04 bits per heavy atom. The number of rotatable bonds is 4. The quantitative estimate of drug-likeness (QED) is 0.713. The van der Waals surface area contributed by atoms with Crippen LogP contribution in [0.4, 0.5) is 5.69 Å². The van der Waals surface area contributed by atoms with Crippen LogP contribution in [0, 0.1) is 0 Å². The molecule has 0 amide bonds. The minimum absolute atomic E-state index is 0.661. The molecule has 1 aromatic carbocycles. The maximum Gasteiger partial charge on any atom is 0.134 e. The van der Waals surface area contributed by atoms with E-state index in [2.05, 4.69) is 51.0 Å². The summed E-state index contributed by atoms with van der Waals surface area (Å²) in [7, 11) is 4.13. The van der Waals surface area contributed by atoms with Crippen molar-refractivity contribution in [3.05, 3.63) is 42.5 Å². The van der Waals surface area contributed by atoms with Gasteiger partial charge in [-0.05, 0) is 55.6 Å². The number of aromatic nitrogens is 3. The Labute approximate surface area is 146 Å². The maximum absolute atomic E-state index is 4.34. The van der Waals surface area contributed by atoms with E-state index in [1.54, 1.807) is 11.9 Å². The van der Waals surface area contributed by atoms with E-state index in [1.165, 1.54) is 29.3 Å². The molecule has 126 valence electrons. The van der Waals surface area contributed by atoms with Gasteiger partial charge < -0.3 is 19.2 Å². The van der Waals surface area contributed by atoms with Gasteiger partial charge in [0.25, 0.3) is 0 Å². The van der Waals surface area contributed by atoms with E-state index >= 15 is 0 Å². The molecule has 0 spiro atoms. The molecular formula is C18H23N5S. The predicted octanol–water partition coefficient (Wildman–Crippen LogP) is 3.50. The van der Waals surface area contributed by atoms with Crippen LogP contribution in [0.1, 0.15) is 24.3 Å². The summed E-state index contributed by atoms with van der Waals surface area (Å²) in [5, 5.41) is 5.81. The number of benzene rings is 1. The monoisotopic (exact) mass is 341 g/mol. The van der Waals surface area contributed by atoms with Gasteiger partial charge in [-0.15, -0.1) is 0 Å². The van der Waals surface area contributed by atoms with Crippen molar-refractivity contribution in [1.82, 2.24) is 19.4 Å². The molecule has 24 heavy (non-hydrogen) atoms. The molecule has 0 aliphatic carbocycles. The Morgan fingerprint density at radius 1 is 1.21 bits per heavy atom. The number of fused-ring (bicyclic) bond motifs is 1. The van der Waals surface area contributed by atoms with Gasteiger partial charge in [-0.1, -0.05) is 0 Å². The maximum atomic E-state index is 4.34. The zero-order chi connectivity index (χ0) is 16.5. The first kappa shape index (κ1) is 15.6. The van der Waals surface area contributed by atoms with Crippen LogP contribution in [0.15, 0.2) is 41.9 Å². The van der Waals surface area contributed by atoms with Gasteiger partial charge in [0, 0.05) is 55.0 Å². The van der Waals surface area contributed by atoms with Crippen molar-refractivity contribution >= 4 is 28.5 Å². The second-order valence-corrected chi connectivity index (χ2v) is 7.36. The Hall–Kier alpha value is -1.92. The van der Waals surface area contributed by atoms with E-state index in [1.807, 2.05) is 24.1 Å². The van der Waals surface area contributed by atoms with Gasteiger partial charge in [-0.3, -0.25) is 0 Å². The fraction of sp³-hybridized carbons (Fsp3) is 0.389. The zero-order valence-corrected chi connectivity index (χ0v) is 14.9. The fourth-order valence-electron chi connectivity index (χ4n) is 3.50. The summed E-state index contributed by atoms with van der Waals surface area (Å²) in [4.78, 5) is 4.34. The second kappa shape index (κ2) is 6.53. The topological polar surface area (TPSA) is 46.8 Å². The van der Waals surface area contributed by atoms with Gasteiger partial charge in [-0.2, -0.15) is 0 Å². The summed E-state index contributed by atoms with van der Waals surface area (Å²) >= 11 is 1.55. The van der Waals surface area contributed by atoms with Crippen LogP contribution in [0.5, 0.6) is 0 Å². The molecule has 1 saturated heterocycles. The standard InChI is InChI=1S/C18H23N5S/c1-22-11-18(20-12-22)24-21-14-3-4-17-15(9-14)16(10-23(17)2)13-5-7-19-8-6-13/h3-4,9-13,19,21H,5-8H2,1-2H3. The van der Waals surface area contributed by atoms with Crippen molar-refractivity contribution in [2.24, 2.45) is 14.1 Å². The average Bonchev–Trinajstić information content (AvgIpc) is 3.17. The third-order valence-electron chi connectivity index (χ3n) is 4.75. The normalized spacial score (nSPS) is 15.9. The second-order valence-electron chi connectivity index (χ2n) is 6.53. The van der Waals surface area contributed by atoms with Gasteiger partial charge >= 0.3 is 0 Å². The summed E-state index contributed by atoms with van der Waals surface area (Å²) in [6, 6.07) is 6.63. The molecule has 1 fully saturated rings. The largest absolute Gasteiger partial charge is 0.350 e. The van der Waals surface area contributed by atoms with E-state index in [9.17, 15) is 0 Å². The summed E-state index contributed by atoms with van der Waals surface area (Å²) in [5.41, 5.74) is 3.91. The average molecular weight is 341 g/mol. The number of anilines is 1. The first-order valence-corrected chi connectivity index (χ1v) is 9.23. The van der Waals surface area contributed by atoms with E-state index in [4.69, 9.17) is 0 Å². The van der Waals surface area contributed by atoms with Crippen LogP contribution in [0.3, 0.4) is 0 Å². The van der Waals surface area contributed by atoms with Crippen LogP contribution in [-0.2, 0) is 14.1 Å². The highest BCUT2D eigenvalue weighted by molar-refractivity contribution is 8.00. The molecule has 2 N–H and O–H groups in total. The Bertz CT molecular complexity index is 844. The summed E-state index contributed by atoms with van der Waals surface area (Å²) in [6.45, 7) is 2.24. The molecule has 1 aliphatic heterocycles. The van der Waals surface area contributed by atoms with Crippen LogP contribution >= 0.6 is 11.9 Å². The molecule has 1 aliphatic rings. The van der Waals surface area contributed by atoms with Crippen molar-refractivity contribution in [1.29, 1.82) is 0 Å². The molecule has 2 aromatic heterocycles. The molecular weight excluding hydrogens is 318 g/mol. The molecule has 0 atom stereocenters. The lowest BCUT2D eigenvalue weighted by atomic mass is 9.90. The zero-order valence-electron chi connectivity index (χ0n) is 14.1. The number of piperidine rings is 1. The number of hydrogen-bond acceptors (Lipinski definition) is 4. The first-order valence-electron chi connectivity index (χ1n) is 8.41. The molecule has 3 heterocycles. The minimum atomic E-state index is 0.661. The highest BCUT2D eigenvalue weighted by Crippen LogP contribution is 2.34. The fourth-order valence-corrected chi connectivity index (χ4v) is 4.17. The Balaban J connectivity index is 1.60.